The molecule has 0 unspecified atom stereocenters. The molecule has 5 nitrogen and oxygen atoms in total. The number of rotatable bonds is 7. The third-order valence-corrected chi connectivity index (χ3v) is 5.60. The lowest BCUT2D eigenvalue weighted by atomic mass is 10.2. The van der Waals surface area contributed by atoms with Crippen LogP contribution in [0.15, 0.2) is 54.6 Å². The van der Waals surface area contributed by atoms with E-state index >= 15 is 0 Å². The number of carbonyl (C=O) groups is 2. The van der Waals surface area contributed by atoms with Crippen molar-refractivity contribution in [1.29, 1.82) is 0 Å². The van der Waals surface area contributed by atoms with Crippen molar-refractivity contribution in [2.24, 2.45) is 0 Å². The fourth-order valence-electron chi connectivity index (χ4n) is 2.56. The molecule has 28 heavy (non-hydrogen) atoms. The minimum absolute atomic E-state index is 0.285. The molecule has 1 aromatic heterocycles. The molecule has 2 aromatic carbocycles. The van der Waals surface area contributed by atoms with Gasteiger partial charge < -0.3 is 14.8 Å². The van der Waals surface area contributed by atoms with E-state index in [-0.39, 0.29) is 13.2 Å². The number of fused-ring (bicyclic) bond motifs is 1. The molecule has 1 amide bonds. The summed E-state index contributed by atoms with van der Waals surface area (Å²) in [4.78, 5) is 24.5. The Morgan fingerprint density at radius 1 is 1.14 bits per heavy atom. The molecule has 0 aliphatic carbocycles. The van der Waals surface area contributed by atoms with Gasteiger partial charge in [0.2, 0.25) is 0 Å². The van der Waals surface area contributed by atoms with E-state index in [0.29, 0.717) is 10.8 Å². The van der Waals surface area contributed by atoms with Gasteiger partial charge in [-0.2, -0.15) is 0 Å². The van der Waals surface area contributed by atoms with Crippen LogP contribution in [0.3, 0.4) is 0 Å². The largest absolute Gasteiger partial charge is 0.496 e. The van der Waals surface area contributed by atoms with E-state index in [1.165, 1.54) is 17.4 Å². The molecule has 3 rings (SSSR count). The van der Waals surface area contributed by atoms with Crippen molar-refractivity contribution in [2.75, 3.05) is 13.7 Å². The maximum atomic E-state index is 11.9. The van der Waals surface area contributed by atoms with Crippen molar-refractivity contribution in [3.63, 3.8) is 0 Å². The molecule has 0 aliphatic rings. The molecule has 0 atom stereocenters. The number of nitrogens with one attached hydrogen (secondary N) is 1. The number of hydrogen-bond donors (Lipinski definition) is 1. The maximum absolute atomic E-state index is 11.9. The van der Waals surface area contributed by atoms with Crippen LogP contribution in [0, 0.1) is 0 Å². The lowest BCUT2D eigenvalue weighted by Crippen LogP contribution is -2.28. The van der Waals surface area contributed by atoms with Crippen LogP contribution in [-0.4, -0.2) is 25.6 Å². The summed E-state index contributed by atoms with van der Waals surface area (Å²) in [6, 6.07) is 15.1. The zero-order chi connectivity index (χ0) is 19.9. The van der Waals surface area contributed by atoms with Gasteiger partial charge in [0, 0.05) is 33.1 Å². The predicted molar refractivity (Wildman–Crippen MR) is 112 cm³/mol. The molecule has 1 N–H and O–H groups in total. The topological polar surface area (TPSA) is 64.6 Å². The van der Waals surface area contributed by atoms with E-state index < -0.39 is 11.9 Å². The number of benzene rings is 2. The zero-order valence-electron chi connectivity index (χ0n) is 15.1. The Morgan fingerprint density at radius 3 is 2.68 bits per heavy atom. The van der Waals surface area contributed by atoms with Gasteiger partial charge in [0.25, 0.3) is 5.91 Å². The van der Waals surface area contributed by atoms with Gasteiger partial charge in [0.15, 0.2) is 6.61 Å². The Hall–Kier alpha value is -2.83. The summed E-state index contributed by atoms with van der Waals surface area (Å²) in [6.45, 7) is -0.0773. The summed E-state index contributed by atoms with van der Waals surface area (Å²) < 4.78 is 11.2. The quantitative estimate of drug-likeness (QED) is 0.457. The van der Waals surface area contributed by atoms with E-state index in [0.717, 1.165) is 20.5 Å². The van der Waals surface area contributed by atoms with Crippen LogP contribution in [0.2, 0.25) is 5.02 Å². The molecule has 0 saturated carbocycles. The maximum Gasteiger partial charge on any atom is 0.331 e. The monoisotopic (exact) mass is 415 g/mol. The number of thiophene rings is 1. The Bertz CT molecular complexity index is 1030. The van der Waals surface area contributed by atoms with Crippen LogP contribution in [0.5, 0.6) is 5.75 Å². The molecular formula is C21H18ClNO4S. The van der Waals surface area contributed by atoms with Crippen LogP contribution >= 0.6 is 22.9 Å². The van der Waals surface area contributed by atoms with Crippen LogP contribution < -0.4 is 10.1 Å². The third kappa shape index (κ3) is 4.91. The lowest BCUT2D eigenvalue weighted by molar-refractivity contribution is -0.143. The fraction of sp³-hybridized carbons (Fsp3) is 0.143. The number of esters is 1. The number of amides is 1. The van der Waals surface area contributed by atoms with E-state index in [1.54, 1.807) is 13.2 Å². The molecule has 7 heteroatoms. The van der Waals surface area contributed by atoms with Gasteiger partial charge in [-0.05, 0) is 18.2 Å². The highest BCUT2D eigenvalue weighted by atomic mass is 35.5. The summed E-state index contributed by atoms with van der Waals surface area (Å²) >= 11 is 7.81. The van der Waals surface area contributed by atoms with Crippen molar-refractivity contribution in [3.8, 4) is 5.75 Å². The van der Waals surface area contributed by atoms with Gasteiger partial charge in [-0.1, -0.05) is 48.0 Å². The first-order valence-electron chi connectivity index (χ1n) is 8.49. The van der Waals surface area contributed by atoms with Crippen LogP contribution in [0.4, 0.5) is 0 Å². The van der Waals surface area contributed by atoms with E-state index in [1.807, 2.05) is 48.5 Å². The minimum atomic E-state index is -0.610. The SMILES string of the molecule is COc1ccccc1CNC(=O)COC(=O)/C=C/c1sc2ccccc2c1Cl. The smallest absolute Gasteiger partial charge is 0.331 e. The predicted octanol–water partition coefficient (Wildman–Crippen LogP) is 4.44. The number of ether oxygens (including phenoxy) is 2. The molecule has 0 aliphatic heterocycles. The lowest BCUT2D eigenvalue weighted by Gasteiger charge is -2.09. The van der Waals surface area contributed by atoms with Crippen molar-refractivity contribution in [3.05, 3.63) is 70.1 Å². The first-order chi connectivity index (χ1) is 13.6. The van der Waals surface area contributed by atoms with Crippen molar-refractivity contribution in [1.82, 2.24) is 5.32 Å². The van der Waals surface area contributed by atoms with Crippen molar-refractivity contribution < 1.29 is 19.1 Å². The second-order valence-electron chi connectivity index (χ2n) is 5.81. The normalized spacial score (nSPS) is 10.9. The van der Waals surface area contributed by atoms with Crippen molar-refractivity contribution in [2.45, 2.75) is 6.54 Å². The molecule has 3 aromatic rings. The molecule has 0 fully saturated rings. The minimum Gasteiger partial charge on any atom is -0.496 e. The van der Waals surface area contributed by atoms with Gasteiger partial charge in [-0.3, -0.25) is 4.79 Å². The summed E-state index contributed by atoms with van der Waals surface area (Å²) in [5.41, 5.74) is 0.837. The number of halogens is 1. The van der Waals surface area contributed by atoms with E-state index in [4.69, 9.17) is 21.1 Å². The second kappa shape index (κ2) is 9.39. The number of methoxy groups -OCH3 is 1. The molecule has 144 valence electrons. The Balaban J connectivity index is 1.50. The second-order valence-corrected chi connectivity index (χ2v) is 7.27. The summed E-state index contributed by atoms with van der Waals surface area (Å²) in [7, 11) is 1.57. The van der Waals surface area contributed by atoms with Gasteiger partial charge in [0.05, 0.1) is 12.1 Å². The first kappa shape index (κ1) is 19.9. The van der Waals surface area contributed by atoms with Crippen molar-refractivity contribution >= 4 is 51.0 Å². The summed E-state index contributed by atoms with van der Waals surface area (Å²) in [5, 5.41) is 4.23. The Labute approximate surface area is 171 Å². The Kier molecular flexibility index (Phi) is 6.68. The highest BCUT2D eigenvalue weighted by Gasteiger charge is 2.09. The summed E-state index contributed by atoms with van der Waals surface area (Å²) in [6.07, 6.45) is 2.87. The van der Waals surface area contributed by atoms with Gasteiger partial charge in [-0.15, -0.1) is 11.3 Å². The molecule has 0 radical (unpaired) electrons. The zero-order valence-corrected chi connectivity index (χ0v) is 16.7. The number of hydrogen-bond acceptors (Lipinski definition) is 5. The number of carbonyl (C=O) groups excluding carboxylic acids is 2. The average Bonchev–Trinajstić information content (AvgIpc) is 3.05. The number of para-hydroxylation sites is 1. The van der Waals surface area contributed by atoms with E-state index in [9.17, 15) is 9.59 Å². The third-order valence-electron chi connectivity index (χ3n) is 3.94. The van der Waals surface area contributed by atoms with Crippen LogP contribution in [0.25, 0.3) is 16.2 Å². The standard InChI is InChI=1S/C21H18ClNO4S/c1-26-16-8-4-2-6-14(16)12-23-19(24)13-27-20(25)11-10-18-21(22)15-7-3-5-9-17(15)28-18/h2-11H,12-13H2,1H3,(H,23,24)/b11-10+. The highest BCUT2D eigenvalue weighted by molar-refractivity contribution is 7.20. The van der Waals surface area contributed by atoms with Crippen LogP contribution in [0.1, 0.15) is 10.4 Å². The highest BCUT2D eigenvalue weighted by Crippen LogP contribution is 2.35. The van der Waals surface area contributed by atoms with Gasteiger partial charge in [0.1, 0.15) is 5.75 Å². The van der Waals surface area contributed by atoms with E-state index in [2.05, 4.69) is 5.32 Å². The fourth-order valence-corrected chi connectivity index (χ4v) is 3.96. The molecule has 1 heterocycles. The van der Waals surface area contributed by atoms with Gasteiger partial charge in [-0.25, -0.2) is 4.79 Å². The van der Waals surface area contributed by atoms with Gasteiger partial charge >= 0.3 is 5.97 Å². The average molecular weight is 416 g/mol. The molecule has 0 spiro atoms. The Morgan fingerprint density at radius 2 is 1.89 bits per heavy atom. The molecular weight excluding hydrogens is 398 g/mol. The molecule has 0 saturated heterocycles. The molecule has 0 bridgehead atoms. The van der Waals surface area contributed by atoms with Crippen LogP contribution in [-0.2, 0) is 20.9 Å². The summed E-state index contributed by atoms with van der Waals surface area (Å²) in [5.74, 6) is -0.323. The first-order valence-corrected chi connectivity index (χ1v) is 9.68.